The van der Waals surface area contributed by atoms with Gasteiger partial charge in [0.25, 0.3) is 5.91 Å². The van der Waals surface area contributed by atoms with Gasteiger partial charge in [-0.2, -0.15) is 0 Å². The van der Waals surface area contributed by atoms with E-state index in [-0.39, 0.29) is 12.0 Å². The SMILES string of the molecule is O=C(Nc1cnccn1)[C@@H]1C[C@@H]2CCN(Cc3ccccn3)C[C@H]2O1. The lowest BCUT2D eigenvalue weighted by atomic mass is 9.91. The summed E-state index contributed by atoms with van der Waals surface area (Å²) in [6.45, 7) is 2.68. The second-order valence-electron chi connectivity index (χ2n) is 6.58. The fourth-order valence-electron chi connectivity index (χ4n) is 3.60. The lowest BCUT2D eigenvalue weighted by Gasteiger charge is -2.33. The highest BCUT2D eigenvalue weighted by Gasteiger charge is 2.41. The molecule has 2 fully saturated rings. The van der Waals surface area contributed by atoms with E-state index in [4.69, 9.17) is 4.74 Å². The second kappa shape index (κ2) is 7.25. The molecule has 0 unspecified atom stereocenters. The molecule has 0 aromatic carbocycles. The van der Waals surface area contributed by atoms with Crippen LogP contribution in [0.4, 0.5) is 5.82 Å². The predicted octanol–water partition coefficient (Wildman–Crippen LogP) is 1.49. The Balaban J connectivity index is 1.33. The Bertz CT molecular complexity index is 712. The van der Waals surface area contributed by atoms with Crippen LogP contribution in [0.25, 0.3) is 0 Å². The van der Waals surface area contributed by atoms with Crippen LogP contribution in [0, 0.1) is 5.92 Å². The third-order valence-corrected chi connectivity index (χ3v) is 4.85. The van der Waals surface area contributed by atoms with Crippen molar-refractivity contribution < 1.29 is 9.53 Å². The summed E-state index contributed by atoms with van der Waals surface area (Å²) >= 11 is 0. The van der Waals surface area contributed by atoms with Gasteiger partial charge < -0.3 is 10.1 Å². The number of hydrogen-bond donors (Lipinski definition) is 1. The van der Waals surface area contributed by atoms with Crippen LogP contribution in [0.2, 0.25) is 0 Å². The van der Waals surface area contributed by atoms with Crippen LogP contribution in [-0.2, 0) is 16.1 Å². The smallest absolute Gasteiger partial charge is 0.254 e. The molecule has 1 N–H and O–H groups in total. The van der Waals surface area contributed by atoms with Crippen molar-refractivity contribution in [2.45, 2.75) is 31.6 Å². The van der Waals surface area contributed by atoms with E-state index >= 15 is 0 Å². The topological polar surface area (TPSA) is 80.2 Å². The summed E-state index contributed by atoms with van der Waals surface area (Å²) in [5.41, 5.74) is 1.07. The molecule has 3 atom stereocenters. The van der Waals surface area contributed by atoms with Gasteiger partial charge in [-0.25, -0.2) is 4.98 Å². The Kier molecular flexibility index (Phi) is 4.67. The predicted molar refractivity (Wildman–Crippen MR) is 91.6 cm³/mol. The number of carbonyl (C=O) groups is 1. The monoisotopic (exact) mass is 339 g/mol. The largest absolute Gasteiger partial charge is 0.364 e. The third-order valence-electron chi connectivity index (χ3n) is 4.85. The van der Waals surface area contributed by atoms with Gasteiger partial charge in [-0.05, 0) is 37.4 Å². The number of anilines is 1. The molecule has 0 spiro atoms. The summed E-state index contributed by atoms with van der Waals surface area (Å²) in [5.74, 6) is 0.770. The standard InChI is InChI=1S/C18H21N5O2/c24-18(22-17-10-19-6-7-21-17)15-9-13-4-8-23(12-16(13)25-15)11-14-3-1-2-5-20-14/h1-3,5-7,10,13,15-16H,4,8-9,11-12H2,(H,21,22,24)/t13-,15-,16+/m0/s1. The van der Waals surface area contributed by atoms with Crippen molar-refractivity contribution in [3.63, 3.8) is 0 Å². The van der Waals surface area contributed by atoms with Crippen molar-refractivity contribution in [1.82, 2.24) is 19.9 Å². The van der Waals surface area contributed by atoms with Crippen LogP contribution in [0.15, 0.2) is 43.0 Å². The summed E-state index contributed by atoms with van der Waals surface area (Å²) in [5, 5.41) is 2.78. The average Bonchev–Trinajstić information content (AvgIpc) is 3.07. The minimum absolute atomic E-state index is 0.107. The highest BCUT2D eigenvalue weighted by atomic mass is 16.5. The minimum Gasteiger partial charge on any atom is -0.364 e. The van der Waals surface area contributed by atoms with Crippen LogP contribution in [0.3, 0.4) is 0 Å². The number of fused-ring (bicyclic) bond motifs is 1. The van der Waals surface area contributed by atoms with E-state index in [0.29, 0.717) is 11.7 Å². The maximum Gasteiger partial charge on any atom is 0.254 e. The fraction of sp³-hybridized carbons (Fsp3) is 0.444. The molecular weight excluding hydrogens is 318 g/mol. The van der Waals surface area contributed by atoms with E-state index in [9.17, 15) is 4.79 Å². The van der Waals surface area contributed by atoms with E-state index < -0.39 is 6.10 Å². The number of amides is 1. The molecule has 2 aromatic rings. The maximum atomic E-state index is 12.4. The van der Waals surface area contributed by atoms with E-state index in [1.54, 1.807) is 12.4 Å². The fourth-order valence-corrected chi connectivity index (χ4v) is 3.60. The van der Waals surface area contributed by atoms with Crippen LogP contribution in [-0.4, -0.2) is 51.1 Å². The molecule has 0 radical (unpaired) electrons. The third kappa shape index (κ3) is 3.83. The Morgan fingerprint density at radius 2 is 2.24 bits per heavy atom. The second-order valence-corrected chi connectivity index (χ2v) is 6.58. The van der Waals surface area contributed by atoms with Crippen molar-refractivity contribution in [2.75, 3.05) is 18.4 Å². The van der Waals surface area contributed by atoms with E-state index in [1.165, 1.54) is 6.20 Å². The van der Waals surface area contributed by atoms with Crippen LogP contribution in [0.5, 0.6) is 0 Å². The van der Waals surface area contributed by atoms with E-state index in [0.717, 1.165) is 38.2 Å². The molecule has 25 heavy (non-hydrogen) atoms. The molecule has 0 aliphatic carbocycles. The molecule has 0 bridgehead atoms. The number of piperidine rings is 1. The summed E-state index contributed by atoms with van der Waals surface area (Å²) in [6.07, 6.45) is 8.00. The Hall–Kier alpha value is -2.38. The first-order valence-corrected chi connectivity index (χ1v) is 8.62. The summed E-state index contributed by atoms with van der Waals surface area (Å²) in [7, 11) is 0. The van der Waals surface area contributed by atoms with Gasteiger partial charge in [-0.15, -0.1) is 0 Å². The highest BCUT2D eigenvalue weighted by Crippen LogP contribution is 2.34. The van der Waals surface area contributed by atoms with Gasteiger partial charge in [-0.3, -0.25) is 19.7 Å². The van der Waals surface area contributed by atoms with Gasteiger partial charge in [0.15, 0.2) is 5.82 Å². The number of rotatable bonds is 4. The van der Waals surface area contributed by atoms with Crippen LogP contribution in [0.1, 0.15) is 18.5 Å². The van der Waals surface area contributed by atoms with Crippen molar-refractivity contribution >= 4 is 11.7 Å². The Morgan fingerprint density at radius 3 is 3.04 bits per heavy atom. The molecule has 130 valence electrons. The zero-order valence-electron chi connectivity index (χ0n) is 13.9. The van der Waals surface area contributed by atoms with Crippen molar-refractivity contribution in [1.29, 1.82) is 0 Å². The normalized spacial score (nSPS) is 26.2. The van der Waals surface area contributed by atoms with Crippen molar-refractivity contribution in [2.24, 2.45) is 5.92 Å². The van der Waals surface area contributed by atoms with Crippen LogP contribution < -0.4 is 5.32 Å². The van der Waals surface area contributed by atoms with Crippen molar-refractivity contribution in [3.05, 3.63) is 48.7 Å². The van der Waals surface area contributed by atoms with Crippen LogP contribution >= 0.6 is 0 Å². The molecule has 2 aromatic heterocycles. The molecule has 1 amide bonds. The number of likely N-dealkylation sites (tertiary alicyclic amines) is 1. The molecule has 4 heterocycles. The minimum atomic E-state index is -0.410. The van der Waals surface area contributed by atoms with Gasteiger partial charge in [0.1, 0.15) is 6.10 Å². The first-order valence-electron chi connectivity index (χ1n) is 8.62. The van der Waals surface area contributed by atoms with Gasteiger partial charge in [0.2, 0.25) is 0 Å². The molecule has 2 aliphatic heterocycles. The molecule has 0 saturated carbocycles. The maximum absolute atomic E-state index is 12.4. The number of nitrogens with zero attached hydrogens (tertiary/aromatic N) is 4. The van der Waals surface area contributed by atoms with Gasteiger partial charge in [-0.1, -0.05) is 6.07 Å². The number of nitrogens with one attached hydrogen (secondary N) is 1. The van der Waals surface area contributed by atoms with Gasteiger partial charge >= 0.3 is 0 Å². The summed E-state index contributed by atoms with van der Waals surface area (Å²) < 4.78 is 6.05. The average molecular weight is 339 g/mol. The first-order chi connectivity index (χ1) is 12.3. The molecule has 2 aliphatic rings. The number of ether oxygens (including phenoxy) is 1. The summed E-state index contributed by atoms with van der Waals surface area (Å²) in [6, 6.07) is 5.98. The number of carbonyl (C=O) groups excluding carboxylic acids is 1. The lowest BCUT2D eigenvalue weighted by Crippen LogP contribution is -2.42. The number of pyridine rings is 1. The number of hydrogen-bond acceptors (Lipinski definition) is 6. The molecule has 4 rings (SSSR count). The highest BCUT2D eigenvalue weighted by molar-refractivity contribution is 5.93. The van der Waals surface area contributed by atoms with Gasteiger partial charge in [0.05, 0.1) is 18.0 Å². The Morgan fingerprint density at radius 1 is 1.28 bits per heavy atom. The zero-order valence-corrected chi connectivity index (χ0v) is 13.9. The molecule has 7 heteroatoms. The quantitative estimate of drug-likeness (QED) is 0.909. The lowest BCUT2D eigenvalue weighted by molar-refractivity contribution is -0.127. The number of aromatic nitrogens is 3. The Labute approximate surface area is 146 Å². The van der Waals surface area contributed by atoms with E-state index in [1.807, 2.05) is 24.4 Å². The van der Waals surface area contributed by atoms with Crippen molar-refractivity contribution in [3.8, 4) is 0 Å². The molecule has 2 saturated heterocycles. The molecular formula is C18H21N5O2. The first kappa shape index (κ1) is 16.1. The van der Waals surface area contributed by atoms with E-state index in [2.05, 4.69) is 25.2 Å². The van der Waals surface area contributed by atoms with Gasteiger partial charge in [0, 0.05) is 31.7 Å². The molecule has 7 nitrogen and oxygen atoms in total. The summed E-state index contributed by atoms with van der Waals surface area (Å²) in [4.78, 5) is 27.2. The zero-order chi connectivity index (χ0) is 17.1.